The highest BCUT2D eigenvalue weighted by molar-refractivity contribution is 6.30. The van der Waals surface area contributed by atoms with Gasteiger partial charge in [0.15, 0.2) is 0 Å². The molecule has 130 valence electrons. The third kappa shape index (κ3) is 4.06. The molecule has 0 bridgehead atoms. The number of rotatable bonds is 4. The van der Waals surface area contributed by atoms with Crippen LogP contribution in [0.15, 0.2) is 36.7 Å². The second kappa shape index (κ2) is 7.48. The molecular weight excluding hydrogens is 346 g/mol. The molecule has 0 saturated carbocycles. The summed E-state index contributed by atoms with van der Waals surface area (Å²) in [7, 11) is 1.32. The smallest absolute Gasteiger partial charge is 0.337 e. The van der Waals surface area contributed by atoms with E-state index >= 15 is 0 Å². The molecule has 1 aromatic carbocycles. The monoisotopic (exact) mass is 361 g/mol. The Balaban J connectivity index is 1.60. The van der Waals surface area contributed by atoms with Gasteiger partial charge in [0, 0.05) is 18.5 Å². The third-order valence-electron chi connectivity index (χ3n) is 3.85. The maximum Gasteiger partial charge on any atom is 0.337 e. The van der Waals surface area contributed by atoms with Crippen LogP contribution in [-0.4, -0.2) is 53.0 Å². The molecule has 25 heavy (non-hydrogen) atoms. The molecule has 1 amide bonds. The van der Waals surface area contributed by atoms with Crippen LogP contribution in [0.3, 0.4) is 0 Å². The minimum atomic E-state index is -0.434. The van der Waals surface area contributed by atoms with Crippen LogP contribution in [0, 0.1) is 0 Å². The number of nitrogens with zero attached hydrogens (tertiary/aromatic N) is 3. The molecular formula is C17H16ClN3O4. The van der Waals surface area contributed by atoms with Crippen molar-refractivity contribution in [3.8, 4) is 6.01 Å². The Morgan fingerprint density at radius 2 is 1.80 bits per heavy atom. The second-order valence-corrected chi connectivity index (χ2v) is 5.97. The van der Waals surface area contributed by atoms with Crippen LogP contribution >= 0.6 is 11.6 Å². The van der Waals surface area contributed by atoms with Crippen LogP contribution in [0.2, 0.25) is 5.02 Å². The summed E-state index contributed by atoms with van der Waals surface area (Å²) in [5.74, 6) is -0.545. The number of carbonyl (C=O) groups excluding carboxylic acids is 2. The molecule has 1 aliphatic rings. The minimum Gasteiger partial charge on any atom is -0.465 e. The Kier molecular flexibility index (Phi) is 5.14. The first-order valence-electron chi connectivity index (χ1n) is 7.68. The van der Waals surface area contributed by atoms with Crippen molar-refractivity contribution in [2.24, 2.45) is 0 Å². The summed E-state index contributed by atoms with van der Waals surface area (Å²) in [6.45, 7) is 1.03. The highest BCUT2D eigenvalue weighted by Crippen LogP contribution is 2.18. The van der Waals surface area contributed by atoms with E-state index in [2.05, 4.69) is 14.7 Å². The van der Waals surface area contributed by atoms with E-state index in [1.807, 2.05) is 0 Å². The number of hydrogen-bond acceptors (Lipinski definition) is 6. The van der Waals surface area contributed by atoms with E-state index in [4.69, 9.17) is 16.3 Å². The van der Waals surface area contributed by atoms with Gasteiger partial charge in [-0.25, -0.2) is 14.8 Å². The lowest BCUT2D eigenvalue weighted by Gasteiger charge is -2.17. The van der Waals surface area contributed by atoms with Crippen molar-refractivity contribution in [1.82, 2.24) is 14.9 Å². The average Bonchev–Trinajstić information content (AvgIpc) is 3.11. The maximum absolute atomic E-state index is 12.5. The van der Waals surface area contributed by atoms with Crippen molar-refractivity contribution in [2.45, 2.75) is 12.5 Å². The number of hydrogen-bond donors (Lipinski definition) is 0. The molecule has 0 spiro atoms. The van der Waals surface area contributed by atoms with Crippen LogP contribution < -0.4 is 4.74 Å². The van der Waals surface area contributed by atoms with Crippen LogP contribution in [0.5, 0.6) is 6.01 Å². The van der Waals surface area contributed by atoms with E-state index < -0.39 is 5.97 Å². The van der Waals surface area contributed by atoms with Crippen molar-refractivity contribution in [3.63, 3.8) is 0 Å². The van der Waals surface area contributed by atoms with Gasteiger partial charge in [0.25, 0.3) is 5.91 Å². The van der Waals surface area contributed by atoms with Crippen LogP contribution in [0.25, 0.3) is 0 Å². The second-order valence-electron chi connectivity index (χ2n) is 5.53. The molecule has 1 fully saturated rings. The van der Waals surface area contributed by atoms with Crippen LogP contribution in [0.1, 0.15) is 27.1 Å². The van der Waals surface area contributed by atoms with E-state index in [9.17, 15) is 9.59 Å². The lowest BCUT2D eigenvalue weighted by atomic mass is 10.1. The van der Waals surface area contributed by atoms with Gasteiger partial charge in [-0.3, -0.25) is 4.79 Å². The van der Waals surface area contributed by atoms with Crippen molar-refractivity contribution in [2.75, 3.05) is 20.2 Å². The number of aromatic nitrogens is 2. The van der Waals surface area contributed by atoms with Crippen molar-refractivity contribution in [1.29, 1.82) is 0 Å². The first kappa shape index (κ1) is 17.2. The van der Waals surface area contributed by atoms with Gasteiger partial charge in [0.1, 0.15) is 6.10 Å². The number of amides is 1. The molecule has 1 saturated heterocycles. The Bertz CT molecular complexity index is 764. The van der Waals surface area contributed by atoms with Gasteiger partial charge in [0.2, 0.25) is 0 Å². The average molecular weight is 362 g/mol. The first-order valence-corrected chi connectivity index (χ1v) is 8.06. The summed E-state index contributed by atoms with van der Waals surface area (Å²) < 4.78 is 10.3. The molecule has 2 aromatic rings. The van der Waals surface area contributed by atoms with Gasteiger partial charge in [-0.05, 0) is 24.3 Å². The largest absolute Gasteiger partial charge is 0.465 e. The molecule has 3 rings (SSSR count). The fourth-order valence-corrected chi connectivity index (χ4v) is 2.67. The topological polar surface area (TPSA) is 81.6 Å². The van der Waals surface area contributed by atoms with E-state index in [1.54, 1.807) is 29.2 Å². The quantitative estimate of drug-likeness (QED) is 0.776. The predicted molar refractivity (Wildman–Crippen MR) is 89.8 cm³/mol. The zero-order valence-corrected chi connectivity index (χ0v) is 14.3. The van der Waals surface area contributed by atoms with Gasteiger partial charge in [0.05, 0.1) is 36.6 Å². The molecule has 0 aliphatic carbocycles. The Hall–Kier alpha value is -2.67. The number of methoxy groups -OCH3 is 1. The van der Waals surface area contributed by atoms with Gasteiger partial charge >= 0.3 is 12.0 Å². The van der Waals surface area contributed by atoms with Gasteiger partial charge in [-0.15, -0.1) is 0 Å². The molecule has 0 unspecified atom stereocenters. The molecule has 1 atom stereocenters. The van der Waals surface area contributed by atoms with Gasteiger partial charge in [-0.2, -0.15) is 0 Å². The SMILES string of the molecule is COC(=O)c1ccc(C(=O)N2CC[C@@H](Oc3ncc(Cl)cn3)C2)cc1. The molecule has 0 N–H and O–H groups in total. The fraction of sp³-hybridized carbons (Fsp3) is 0.294. The normalized spacial score (nSPS) is 16.6. The highest BCUT2D eigenvalue weighted by atomic mass is 35.5. The number of carbonyl (C=O) groups is 2. The summed E-state index contributed by atoms with van der Waals surface area (Å²) in [4.78, 5) is 33.7. The minimum absolute atomic E-state index is 0.112. The lowest BCUT2D eigenvalue weighted by molar-refractivity contribution is 0.0600. The molecule has 7 nitrogen and oxygen atoms in total. The number of ether oxygens (including phenoxy) is 2. The van der Waals surface area contributed by atoms with E-state index in [0.29, 0.717) is 35.7 Å². The molecule has 8 heteroatoms. The van der Waals surface area contributed by atoms with E-state index in [-0.39, 0.29) is 18.0 Å². The Morgan fingerprint density at radius 1 is 1.16 bits per heavy atom. The van der Waals surface area contributed by atoms with Crippen molar-refractivity contribution in [3.05, 3.63) is 52.8 Å². The maximum atomic E-state index is 12.5. The zero-order chi connectivity index (χ0) is 17.8. The molecule has 0 radical (unpaired) electrons. The number of esters is 1. The molecule has 1 aromatic heterocycles. The standard InChI is InChI=1S/C17H16ClN3O4/c1-24-16(23)12-4-2-11(3-5-12)15(22)21-7-6-14(10-21)25-17-19-8-13(18)9-20-17/h2-5,8-9,14H,6-7,10H2,1H3/t14-/m1/s1. The summed E-state index contributed by atoms with van der Waals surface area (Å²) in [5.41, 5.74) is 0.914. The van der Waals surface area contributed by atoms with E-state index in [0.717, 1.165) is 0 Å². The van der Waals surface area contributed by atoms with Gasteiger partial charge < -0.3 is 14.4 Å². The van der Waals surface area contributed by atoms with E-state index in [1.165, 1.54) is 19.5 Å². The summed E-state index contributed by atoms with van der Waals surface area (Å²) in [6.07, 6.45) is 3.45. The van der Waals surface area contributed by atoms with Crippen LogP contribution in [-0.2, 0) is 4.74 Å². The number of benzene rings is 1. The molecule has 2 heterocycles. The summed E-state index contributed by atoms with van der Waals surface area (Å²) >= 11 is 5.74. The zero-order valence-electron chi connectivity index (χ0n) is 13.5. The number of likely N-dealkylation sites (tertiary alicyclic amines) is 1. The van der Waals surface area contributed by atoms with Crippen molar-refractivity contribution < 1.29 is 19.1 Å². The predicted octanol–water partition coefficient (Wildman–Crippen LogP) is 2.21. The molecule has 1 aliphatic heterocycles. The highest BCUT2D eigenvalue weighted by Gasteiger charge is 2.29. The van der Waals surface area contributed by atoms with Gasteiger partial charge in [-0.1, -0.05) is 11.6 Å². The Morgan fingerprint density at radius 3 is 2.44 bits per heavy atom. The first-order chi connectivity index (χ1) is 12.1. The summed E-state index contributed by atoms with van der Waals surface area (Å²) in [6, 6.07) is 6.62. The lowest BCUT2D eigenvalue weighted by Crippen LogP contribution is -2.31. The third-order valence-corrected chi connectivity index (χ3v) is 4.05. The Labute approximate surface area is 149 Å². The van der Waals surface area contributed by atoms with Crippen molar-refractivity contribution >= 4 is 23.5 Å². The fourth-order valence-electron chi connectivity index (χ4n) is 2.57. The number of halogens is 1. The summed E-state index contributed by atoms with van der Waals surface area (Å²) in [5, 5.41) is 0.436. The van der Waals surface area contributed by atoms with Crippen LogP contribution in [0.4, 0.5) is 0 Å².